The van der Waals surface area contributed by atoms with Crippen LogP contribution in [0.15, 0.2) is 0 Å². The molecule has 0 aromatic heterocycles. The minimum Gasteiger partial charge on any atom is -0.347 e. The molecule has 1 heterocycles. The summed E-state index contributed by atoms with van der Waals surface area (Å²) in [5.41, 5.74) is 0.0940. The number of piperidine rings is 1. The van der Waals surface area contributed by atoms with E-state index in [1.807, 2.05) is 14.1 Å². The number of likely N-dealkylation sites (tertiary alicyclic amines) is 1. The zero-order chi connectivity index (χ0) is 11.6. The van der Waals surface area contributed by atoms with Crippen molar-refractivity contribution < 1.29 is 4.79 Å². The zero-order valence-corrected chi connectivity index (χ0v) is 10.7. The van der Waals surface area contributed by atoms with Gasteiger partial charge in [-0.05, 0) is 40.2 Å². The highest BCUT2D eigenvalue weighted by molar-refractivity contribution is 5.81. The predicted octanol–water partition coefficient (Wildman–Crippen LogP) is 1.73. The van der Waals surface area contributed by atoms with Gasteiger partial charge in [-0.2, -0.15) is 0 Å². The van der Waals surface area contributed by atoms with Crippen LogP contribution in [0.5, 0.6) is 0 Å². The van der Waals surface area contributed by atoms with Gasteiger partial charge < -0.3 is 4.90 Å². The summed E-state index contributed by atoms with van der Waals surface area (Å²) in [4.78, 5) is 16.1. The molecule has 3 heteroatoms. The van der Waals surface area contributed by atoms with Gasteiger partial charge in [0.25, 0.3) is 0 Å². The van der Waals surface area contributed by atoms with Gasteiger partial charge in [-0.1, -0.05) is 6.42 Å². The Morgan fingerprint density at radius 3 is 2.33 bits per heavy atom. The Labute approximate surface area is 93.4 Å². The Bertz CT molecular complexity index is 230. The highest BCUT2D eigenvalue weighted by Crippen LogP contribution is 2.26. The van der Waals surface area contributed by atoms with Crippen LogP contribution in [0.25, 0.3) is 0 Å². The normalized spacial score (nSPS) is 23.9. The smallest absolute Gasteiger partial charge is 0.239 e. The molecule has 1 atom stereocenters. The third-order valence-corrected chi connectivity index (χ3v) is 3.09. The number of nitrogens with zero attached hydrogens (tertiary/aromatic N) is 2. The number of likely N-dealkylation sites (N-methyl/N-ethyl adjacent to an activating group) is 1. The number of carbonyl (C=O) groups excluding carboxylic acids is 1. The number of amides is 1. The number of hydrogen-bond donors (Lipinski definition) is 0. The summed E-state index contributed by atoms with van der Waals surface area (Å²) in [5.74, 6) is 0.254. The van der Waals surface area contributed by atoms with Gasteiger partial charge >= 0.3 is 0 Å². The van der Waals surface area contributed by atoms with Crippen molar-refractivity contribution in [3.05, 3.63) is 0 Å². The first-order valence-corrected chi connectivity index (χ1v) is 5.82. The molecule has 0 unspecified atom stereocenters. The first kappa shape index (κ1) is 12.5. The molecule has 0 aromatic rings. The molecule has 88 valence electrons. The minimum absolute atomic E-state index is 0.0914. The molecule has 0 aromatic carbocycles. The van der Waals surface area contributed by atoms with Gasteiger partial charge in [-0.25, -0.2) is 0 Å². The van der Waals surface area contributed by atoms with Gasteiger partial charge in [0, 0.05) is 19.6 Å². The van der Waals surface area contributed by atoms with Gasteiger partial charge in [0.2, 0.25) is 5.91 Å². The van der Waals surface area contributed by atoms with E-state index in [-0.39, 0.29) is 17.5 Å². The molecule has 0 aliphatic carbocycles. The van der Waals surface area contributed by atoms with Crippen molar-refractivity contribution in [3.63, 3.8) is 0 Å². The monoisotopic (exact) mass is 212 g/mol. The van der Waals surface area contributed by atoms with Gasteiger partial charge in [-0.3, -0.25) is 9.69 Å². The van der Waals surface area contributed by atoms with E-state index in [9.17, 15) is 4.79 Å². The standard InChI is InChI=1S/C12H24N2O/c1-12(2,3)14-9-7-6-8-10(14)11(15)13(4)5/h10H,6-9H2,1-5H3/t10-/m1/s1. The van der Waals surface area contributed by atoms with Crippen LogP contribution in [0.2, 0.25) is 0 Å². The van der Waals surface area contributed by atoms with Crippen LogP contribution in [-0.4, -0.2) is 47.9 Å². The first-order chi connectivity index (χ1) is 6.84. The van der Waals surface area contributed by atoms with Gasteiger partial charge in [0.05, 0.1) is 6.04 Å². The van der Waals surface area contributed by atoms with Crippen molar-refractivity contribution in [2.45, 2.75) is 51.6 Å². The third kappa shape index (κ3) is 2.94. The van der Waals surface area contributed by atoms with E-state index in [1.54, 1.807) is 4.90 Å². The zero-order valence-electron chi connectivity index (χ0n) is 10.7. The average Bonchev–Trinajstić information content (AvgIpc) is 2.15. The number of hydrogen-bond acceptors (Lipinski definition) is 2. The molecule has 15 heavy (non-hydrogen) atoms. The lowest BCUT2D eigenvalue weighted by Crippen LogP contribution is -2.56. The van der Waals surface area contributed by atoms with Crippen LogP contribution >= 0.6 is 0 Å². The van der Waals surface area contributed by atoms with E-state index in [1.165, 1.54) is 12.8 Å². The highest BCUT2D eigenvalue weighted by atomic mass is 16.2. The molecule has 0 bridgehead atoms. The Morgan fingerprint density at radius 1 is 1.27 bits per heavy atom. The van der Waals surface area contributed by atoms with E-state index < -0.39 is 0 Å². The Balaban J connectivity index is 2.79. The molecule has 1 fully saturated rings. The topological polar surface area (TPSA) is 23.6 Å². The van der Waals surface area contributed by atoms with E-state index in [4.69, 9.17) is 0 Å². The molecule has 1 amide bonds. The second-order valence-electron chi connectivity index (χ2n) is 5.61. The maximum Gasteiger partial charge on any atom is 0.239 e. The molecule has 1 aliphatic rings. The number of rotatable bonds is 1. The fraction of sp³-hybridized carbons (Fsp3) is 0.917. The van der Waals surface area contributed by atoms with E-state index in [2.05, 4.69) is 25.7 Å². The lowest BCUT2D eigenvalue weighted by molar-refractivity contribution is -0.138. The van der Waals surface area contributed by atoms with Crippen LogP contribution in [0, 0.1) is 0 Å². The van der Waals surface area contributed by atoms with Crippen molar-refractivity contribution in [1.29, 1.82) is 0 Å². The van der Waals surface area contributed by atoms with Crippen molar-refractivity contribution in [2.75, 3.05) is 20.6 Å². The molecule has 1 saturated heterocycles. The summed E-state index contributed by atoms with van der Waals surface area (Å²) in [6.45, 7) is 7.62. The van der Waals surface area contributed by atoms with Crippen molar-refractivity contribution in [3.8, 4) is 0 Å². The van der Waals surface area contributed by atoms with E-state index in [0.29, 0.717) is 0 Å². The Hall–Kier alpha value is -0.570. The summed E-state index contributed by atoms with van der Waals surface area (Å²) in [6.07, 6.45) is 3.40. The summed E-state index contributed by atoms with van der Waals surface area (Å²) in [6, 6.07) is 0.0914. The van der Waals surface area contributed by atoms with Crippen LogP contribution in [0.3, 0.4) is 0 Å². The fourth-order valence-electron chi connectivity index (χ4n) is 2.29. The lowest BCUT2D eigenvalue weighted by atomic mass is 9.94. The summed E-state index contributed by atoms with van der Waals surface area (Å²) in [7, 11) is 3.69. The quantitative estimate of drug-likeness (QED) is 0.661. The maximum absolute atomic E-state index is 12.0. The van der Waals surface area contributed by atoms with Crippen molar-refractivity contribution in [1.82, 2.24) is 9.80 Å². The number of carbonyl (C=O) groups is 1. The molecular weight excluding hydrogens is 188 g/mol. The minimum atomic E-state index is 0.0914. The van der Waals surface area contributed by atoms with Gasteiger partial charge in [0.1, 0.15) is 0 Å². The van der Waals surface area contributed by atoms with Crippen LogP contribution in [-0.2, 0) is 4.79 Å². The molecule has 1 rings (SSSR count). The molecule has 3 nitrogen and oxygen atoms in total. The highest BCUT2D eigenvalue weighted by Gasteiger charge is 2.35. The predicted molar refractivity (Wildman–Crippen MR) is 62.8 cm³/mol. The van der Waals surface area contributed by atoms with Gasteiger partial charge in [0.15, 0.2) is 0 Å². The van der Waals surface area contributed by atoms with E-state index >= 15 is 0 Å². The molecule has 0 N–H and O–H groups in total. The first-order valence-electron chi connectivity index (χ1n) is 5.82. The second-order valence-corrected chi connectivity index (χ2v) is 5.61. The van der Waals surface area contributed by atoms with Crippen molar-refractivity contribution >= 4 is 5.91 Å². The molecule has 0 spiro atoms. The molecule has 0 radical (unpaired) electrons. The van der Waals surface area contributed by atoms with Crippen molar-refractivity contribution in [2.24, 2.45) is 0 Å². The largest absolute Gasteiger partial charge is 0.347 e. The average molecular weight is 212 g/mol. The molecule has 1 aliphatic heterocycles. The van der Waals surface area contributed by atoms with E-state index in [0.717, 1.165) is 13.0 Å². The van der Waals surface area contributed by atoms with Crippen LogP contribution in [0.4, 0.5) is 0 Å². The summed E-state index contributed by atoms with van der Waals surface area (Å²) < 4.78 is 0. The summed E-state index contributed by atoms with van der Waals surface area (Å²) in [5, 5.41) is 0. The Kier molecular flexibility index (Phi) is 3.77. The molecular formula is C12H24N2O. The maximum atomic E-state index is 12.0. The van der Waals surface area contributed by atoms with Crippen LogP contribution < -0.4 is 0 Å². The Morgan fingerprint density at radius 2 is 1.87 bits per heavy atom. The molecule has 0 saturated carbocycles. The van der Waals surface area contributed by atoms with Crippen LogP contribution in [0.1, 0.15) is 40.0 Å². The lowest BCUT2D eigenvalue weighted by Gasteiger charge is -2.44. The SMILES string of the molecule is CN(C)C(=O)[C@H]1CCCCN1C(C)(C)C. The van der Waals surface area contributed by atoms with Gasteiger partial charge in [-0.15, -0.1) is 0 Å². The summed E-state index contributed by atoms with van der Waals surface area (Å²) >= 11 is 0. The second kappa shape index (κ2) is 4.52. The fourth-order valence-corrected chi connectivity index (χ4v) is 2.29. The third-order valence-electron chi connectivity index (χ3n) is 3.09.